The SMILES string of the molecule is NN=Cc1cccc(Cl)c1I. The minimum atomic E-state index is 0.725. The summed E-state index contributed by atoms with van der Waals surface area (Å²) in [4.78, 5) is 0. The molecule has 0 aliphatic carbocycles. The Kier molecular flexibility index (Phi) is 3.14. The number of hydrazone groups is 1. The third kappa shape index (κ3) is 2.07. The molecule has 0 aromatic heterocycles. The van der Waals surface area contributed by atoms with Crippen molar-refractivity contribution in [1.82, 2.24) is 0 Å². The maximum absolute atomic E-state index is 5.84. The molecule has 1 aromatic rings. The molecule has 0 aliphatic heterocycles. The van der Waals surface area contributed by atoms with Gasteiger partial charge in [-0.15, -0.1) is 0 Å². The average molecular weight is 280 g/mol. The number of rotatable bonds is 1. The van der Waals surface area contributed by atoms with Gasteiger partial charge in [-0.05, 0) is 28.7 Å². The summed E-state index contributed by atoms with van der Waals surface area (Å²) in [5.41, 5.74) is 0.945. The minimum Gasteiger partial charge on any atom is -0.323 e. The number of hydrogen-bond acceptors (Lipinski definition) is 2. The van der Waals surface area contributed by atoms with Crippen molar-refractivity contribution < 1.29 is 0 Å². The largest absolute Gasteiger partial charge is 0.323 e. The molecular weight excluding hydrogens is 274 g/mol. The first-order valence-corrected chi connectivity index (χ1v) is 4.38. The van der Waals surface area contributed by atoms with Gasteiger partial charge >= 0.3 is 0 Å². The number of benzene rings is 1. The first-order chi connectivity index (χ1) is 5.25. The van der Waals surface area contributed by atoms with Gasteiger partial charge in [0.25, 0.3) is 0 Å². The van der Waals surface area contributed by atoms with Gasteiger partial charge in [0.1, 0.15) is 0 Å². The maximum Gasteiger partial charge on any atom is 0.0549 e. The van der Waals surface area contributed by atoms with Crippen LogP contribution in [0.4, 0.5) is 0 Å². The normalized spacial score (nSPS) is 10.7. The van der Waals surface area contributed by atoms with Gasteiger partial charge in [0.15, 0.2) is 0 Å². The lowest BCUT2D eigenvalue weighted by Gasteiger charge is -1.98. The fraction of sp³-hybridized carbons (Fsp3) is 0. The van der Waals surface area contributed by atoms with Crippen LogP contribution in [0.25, 0.3) is 0 Å². The Morgan fingerprint density at radius 1 is 1.55 bits per heavy atom. The molecule has 1 rings (SSSR count). The molecule has 0 spiro atoms. The minimum absolute atomic E-state index is 0.725. The van der Waals surface area contributed by atoms with Crippen LogP contribution in [0.1, 0.15) is 5.56 Å². The van der Waals surface area contributed by atoms with E-state index in [4.69, 9.17) is 17.4 Å². The maximum atomic E-state index is 5.84. The molecule has 0 bridgehead atoms. The van der Waals surface area contributed by atoms with Crippen molar-refractivity contribution in [2.75, 3.05) is 0 Å². The lowest BCUT2D eigenvalue weighted by Crippen LogP contribution is -1.90. The van der Waals surface area contributed by atoms with Crippen LogP contribution in [0, 0.1) is 3.57 Å². The van der Waals surface area contributed by atoms with Gasteiger partial charge in [-0.1, -0.05) is 23.7 Å². The molecule has 4 heteroatoms. The summed E-state index contributed by atoms with van der Waals surface area (Å²) in [5.74, 6) is 5.00. The van der Waals surface area contributed by atoms with Crippen LogP contribution >= 0.6 is 34.2 Å². The topological polar surface area (TPSA) is 38.4 Å². The molecule has 0 fully saturated rings. The summed E-state index contributed by atoms with van der Waals surface area (Å²) >= 11 is 7.99. The van der Waals surface area contributed by atoms with Crippen LogP contribution in [0.5, 0.6) is 0 Å². The lowest BCUT2D eigenvalue weighted by atomic mass is 10.2. The average Bonchev–Trinajstić information content (AvgIpc) is 1.99. The lowest BCUT2D eigenvalue weighted by molar-refractivity contribution is 1.26. The van der Waals surface area contributed by atoms with Gasteiger partial charge in [-0.25, -0.2) is 0 Å². The van der Waals surface area contributed by atoms with Crippen molar-refractivity contribution in [3.05, 3.63) is 32.4 Å². The first-order valence-electron chi connectivity index (χ1n) is 2.93. The molecule has 58 valence electrons. The van der Waals surface area contributed by atoms with E-state index in [0.29, 0.717) is 0 Å². The van der Waals surface area contributed by atoms with Gasteiger partial charge in [0.2, 0.25) is 0 Å². The Labute approximate surface area is 83.6 Å². The highest BCUT2D eigenvalue weighted by atomic mass is 127. The fourth-order valence-electron chi connectivity index (χ4n) is 0.700. The summed E-state index contributed by atoms with van der Waals surface area (Å²) in [5, 5.41) is 4.14. The van der Waals surface area contributed by atoms with E-state index in [1.165, 1.54) is 0 Å². The molecule has 0 amide bonds. The highest BCUT2D eigenvalue weighted by Crippen LogP contribution is 2.20. The summed E-state index contributed by atoms with van der Waals surface area (Å²) in [6, 6.07) is 5.60. The second-order valence-electron chi connectivity index (χ2n) is 1.92. The number of halogens is 2. The van der Waals surface area contributed by atoms with Gasteiger partial charge in [0, 0.05) is 9.13 Å². The smallest absolute Gasteiger partial charge is 0.0549 e. The van der Waals surface area contributed by atoms with Crippen molar-refractivity contribution in [1.29, 1.82) is 0 Å². The third-order valence-corrected chi connectivity index (χ3v) is 3.03. The van der Waals surface area contributed by atoms with Crippen LogP contribution in [0.15, 0.2) is 23.3 Å². The van der Waals surface area contributed by atoms with Crippen molar-refractivity contribution in [3.63, 3.8) is 0 Å². The van der Waals surface area contributed by atoms with Crippen molar-refractivity contribution >= 4 is 40.4 Å². The Balaban J connectivity index is 3.16. The summed E-state index contributed by atoms with van der Waals surface area (Å²) in [6.45, 7) is 0. The molecule has 0 aliphatic rings. The second-order valence-corrected chi connectivity index (χ2v) is 3.41. The molecule has 2 N–H and O–H groups in total. The van der Waals surface area contributed by atoms with Crippen LogP contribution in [-0.4, -0.2) is 6.21 Å². The van der Waals surface area contributed by atoms with Gasteiger partial charge < -0.3 is 5.84 Å². The number of nitrogens with zero attached hydrogens (tertiary/aromatic N) is 1. The first kappa shape index (κ1) is 8.80. The van der Waals surface area contributed by atoms with Crippen LogP contribution < -0.4 is 5.84 Å². The van der Waals surface area contributed by atoms with Crippen LogP contribution in [0.3, 0.4) is 0 Å². The predicted octanol–water partition coefficient (Wildman–Crippen LogP) is 2.24. The standard InChI is InChI=1S/C7H6ClIN2/c8-6-3-1-2-5(4-11-10)7(6)9/h1-4H,10H2. The zero-order chi connectivity index (χ0) is 8.27. The van der Waals surface area contributed by atoms with Crippen molar-refractivity contribution in [2.45, 2.75) is 0 Å². The van der Waals surface area contributed by atoms with Crippen LogP contribution in [0.2, 0.25) is 5.02 Å². The molecule has 0 heterocycles. The summed E-state index contributed by atoms with van der Waals surface area (Å²) in [7, 11) is 0. The van der Waals surface area contributed by atoms with Crippen molar-refractivity contribution in [3.8, 4) is 0 Å². The molecule has 0 radical (unpaired) electrons. The molecule has 2 nitrogen and oxygen atoms in total. The fourth-order valence-corrected chi connectivity index (χ4v) is 1.38. The molecule has 0 unspecified atom stereocenters. The summed E-state index contributed by atoms with van der Waals surface area (Å²) in [6.07, 6.45) is 1.58. The van der Waals surface area contributed by atoms with Crippen molar-refractivity contribution in [2.24, 2.45) is 10.9 Å². The molecule has 0 saturated heterocycles. The number of hydrogen-bond donors (Lipinski definition) is 1. The van der Waals surface area contributed by atoms with Crippen LogP contribution in [-0.2, 0) is 0 Å². The Bertz CT molecular complexity index is 286. The van der Waals surface area contributed by atoms with E-state index in [0.717, 1.165) is 14.2 Å². The van der Waals surface area contributed by atoms with Gasteiger partial charge in [0.05, 0.1) is 11.2 Å². The zero-order valence-electron chi connectivity index (χ0n) is 5.59. The zero-order valence-corrected chi connectivity index (χ0v) is 8.50. The van der Waals surface area contributed by atoms with Gasteiger partial charge in [-0.2, -0.15) is 5.10 Å². The third-order valence-electron chi connectivity index (χ3n) is 1.20. The van der Waals surface area contributed by atoms with E-state index in [1.807, 2.05) is 18.2 Å². The van der Waals surface area contributed by atoms with E-state index in [1.54, 1.807) is 6.21 Å². The predicted molar refractivity (Wildman–Crippen MR) is 56.0 cm³/mol. The van der Waals surface area contributed by atoms with E-state index in [-0.39, 0.29) is 0 Å². The van der Waals surface area contributed by atoms with E-state index in [9.17, 15) is 0 Å². The summed E-state index contributed by atoms with van der Waals surface area (Å²) < 4.78 is 0.973. The quantitative estimate of drug-likeness (QED) is 0.364. The highest BCUT2D eigenvalue weighted by Gasteiger charge is 1.99. The molecule has 0 saturated carbocycles. The second kappa shape index (κ2) is 3.92. The molecule has 0 atom stereocenters. The Morgan fingerprint density at radius 3 is 2.91 bits per heavy atom. The Morgan fingerprint density at radius 2 is 2.27 bits per heavy atom. The number of nitrogens with two attached hydrogens (primary N) is 1. The highest BCUT2D eigenvalue weighted by molar-refractivity contribution is 14.1. The molecule has 11 heavy (non-hydrogen) atoms. The van der Waals surface area contributed by atoms with E-state index < -0.39 is 0 Å². The Hall–Kier alpha value is -0.290. The molecular formula is C7H6ClIN2. The van der Waals surface area contributed by atoms with E-state index in [2.05, 4.69) is 27.7 Å². The molecule has 1 aromatic carbocycles. The van der Waals surface area contributed by atoms with Gasteiger partial charge in [-0.3, -0.25) is 0 Å². The monoisotopic (exact) mass is 280 g/mol. The van der Waals surface area contributed by atoms with E-state index >= 15 is 0 Å².